The Morgan fingerprint density at radius 2 is 1.93 bits per heavy atom. The molecule has 1 unspecified atom stereocenters. The fraction of sp³-hybridized carbons (Fsp3) is 0.273. The maximum absolute atomic E-state index is 12.9. The number of nitrogens with one attached hydrogen (secondary N) is 1. The van der Waals surface area contributed by atoms with Gasteiger partial charge in [0.25, 0.3) is 0 Å². The number of hydrazine groups is 1. The Morgan fingerprint density at radius 3 is 2.40 bits per heavy atom. The van der Waals surface area contributed by atoms with Crippen LogP contribution in [0.25, 0.3) is 0 Å². The van der Waals surface area contributed by atoms with E-state index in [0.717, 1.165) is 12.5 Å². The van der Waals surface area contributed by atoms with Gasteiger partial charge >= 0.3 is 0 Å². The van der Waals surface area contributed by atoms with Crippen molar-refractivity contribution in [1.82, 2.24) is 5.43 Å². The summed E-state index contributed by atoms with van der Waals surface area (Å²) in [5.41, 5.74) is 3.04. The van der Waals surface area contributed by atoms with E-state index < -0.39 is 11.6 Å². The molecule has 2 nitrogen and oxygen atoms in total. The Bertz CT molecular complexity index is 319. The topological polar surface area (TPSA) is 38.0 Å². The van der Waals surface area contributed by atoms with Gasteiger partial charge in [0.15, 0.2) is 0 Å². The fourth-order valence-corrected chi connectivity index (χ4v) is 1.41. The highest BCUT2D eigenvalue weighted by Gasteiger charge is 2.11. The molecule has 0 fully saturated rings. The minimum atomic E-state index is -0.594. The van der Waals surface area contributed by atoms with Crippen molar-refractivity contribution in [3.63, 3.8) is 0 Å². The average molecular weight is 212 g/mol. The molecular weight excluding hydrogens is 198 g/mol. The third-order valence-electron chi connectivity index (χ3n) is 2.15. The summed E-state index contributed by atoms with van der Waals surface area (Å²) in [4.78, 5) is 0. The molecule has 0 aliphatic rings. The zero-order valence-corrected chi connectivity index (χ0v) is 8.34. The van der Waals surface area contributed by atoms with Crippen molar-refractivity contribution in [2.75, 3.05) is 0 Å². The van der Waals surface area contributed by atoms with Crippen LogP contribution in [-0.4, -0.2) is 0 Å². The maximum Gasteiger partial charge on any atom is 0.126 e. The molecule has 0 radical (unpaired) electrons. The summed E-state index contributed by atoms with van der Waals surface area (Å²) in [5.74, 6) is 4.13. The second-order valence-electron chi connectivity index (χ2n) is 3.29. The van der Waals surface area contributed by atoms with Gasteiger partial charge in [-0.25, -0.2) is 8.78 Å². The molecule has 82 valence electrons. The molecule has 4 heteroatoms. The van der Waals surface area contributed by atoms with Crippen LogP contribution >= 0.6 is 0 Å². The number of allylic oxidation sites excluding steroid dienone is 1. The number of benzene rings is 1. The van der Waals surface area contributed by atoms with E-state index in [1.54, 1.807) is 6.08 Å². The lowest BCUT2D eigenvalue weighted by molar-refractivity contribution is 0.507. The van der Waals surface area contributed by atoms with Gasteiger partial charge in [-0.2, -0.15) is 0 Å². The van der Waals surface area contributed by atoms with E-state index in [1.165, 1.54) is 12.1 Å². The van der Waals surface area contributed by atoms with Gasteiger partial charge in [-0.05, 0) is 30.5 Å². The molecule has 0 spiro atoms. The van der Waals surface area contributed by atoms with Crippen molar-refractivity contribution in [2.24, 2.45) is 5.84 Å². The van der Waals surface area contributed by atoms with E-state index in [0.29, 0.717) is 12.0 Å². The van der Waals surface area contributed by atoms with Crippen LogP contribution in [0.15, 0.2) is 30.9 Å². The predicted molar refractivity (Wildman–Crippen MR) is 55.9 cm³/mol. The number of rotatable bonds is 5. The average Bonchev–Trinajstić information content (AvgIpc) is 2.17. The molecule has 0 amide bonds. The largest absolute Gasteiger partial charge is 0.271 e. The van der Waals surface area contributed by atoms with Crippen molar-refractivity contribution in [3.05, 3.63) is 48.1 Å². The zero-order chi connectivity index (χ0) is 11.3. The molecule has 3 N–H and O–H groups in total. The van der Waals surface area contributed by atoms with E-state index in [1.807, 2.05) is 0 Å². The van der Waals surface area contributed by atoms with Crippen LogP contribution in [-0.2, 0) is 0 Å². The molecule has 0 aliphatic heterocycles. The summed E-state index contributed by atoms with van der Waals surface area (Å²) in [5, 5.41) is 0. The maximum atomic E-state index is 12.9. The third-order valence-corrected chi connectivity index (χ3v) is 2.15. The monoisotopic (exact) mass is 212 g/mol. The van der Waals surface area contributed by atoms with Gasteiger partial charge in [0.2, 0.25) is 0 Å². The molecular formula is C11H14F2N2. The van der Waals surface area contributed by atoms with Gasteiger partial charge in [-0.1, -0.05) is 6.08 Å². The summed E-state index contributed by atoms with van der Waals surface area (Å²) < 4.78 is 25.8. The number of hydrogen-bond donors (Lipinski definition) is 2. The highest BCUT2D eigenvalue weighted by Crippen LogP contribution is 2.20. The van der Waals surface area contributed by atoms with Crippen molar-refractivity contribution >= 4 is 0 Å². The Balaban J connectivity index is 2.85. The van der Waals surface area contributed by atoms with E-state index in [4.69, 9.17) is 5.84 Å². The van der Waals surface area contributed by atoms with E-state index in [-0.39, 0.29) is 6.04 Å². The molecule has 0 aromatic heterocycles. The number of halogens is 2. The normalized spacial score (nSPS) is 12.5. The van der Waals surface area contributed by atoms with Crippen molar-refractivity contribution < 1.29 is 8.78 Å². The Labute approximate surface area is 87.8 Å². The van der Waals surface area contributed by atoms with Gasteiger partial charge in [-0.3, -0.25) is 11.3 Å². The van der Waals surface area contributed by atoms with Crippen LogP contribution in [0.2, 0.25) is 0 Å². The van der Waals surface area contributed by atoms with Gasteiger partial charge in [0, 0.05) is 12.1 Å². The first-order valence-corrected chi connectivity index (χ1v) is 4.70. The summed E-state index contributed by atoms with van der Waals surface area (Å²) >= 11 is 0. The minimum absolute atomic E-state index is 0.256. The van der Waals surface area contributed by atoms with Crippen LogP contribution in [0.5, 0.6) is 0 Å². The predicted octanol–water partition coefficient (Wildman–Crippen LogP) is 2.44. The lowest BCUT2D eigenvalue weighted by Gasteiger charge is -2.15. The van der Waals surface area contributed by atoms with Gasteiger partial charge in [-0.15, -0.1) is 6.58 Å². The van der Waals surface area contributed by atoms with Gasteiger partial charge < -0.3 is 0 Å². The quantitative estimate of drug-likeness (QED) is 0.447. The Kier molecular flexibility index (Phi) is 4.39. The standard InChI is InChI=1S/C11H14F2N2/c1-2-3-4-11(15-14)8-5-9(12)7-10(13)6-8/h2,5-7,11,15H,1,3-4,14H2. The van der Waals surface area contributed by atoms with E-state index in [2.05, 4.69) is 12.0 Å². The lowest BCUT2D eigenvalue weighted by Crippen LogP contribution is -2.28. The molecule has 15 heavy (non-hydrogen) atoms. The Morgan fingerprint density at radius 1 is 1.33 bits per heavy atom. The molecule has 1 aromatic carbocycles. The lowest BCUT2D eigenvalue weighted by atomic mass is 10.0. The molecule has 1 rings (SSSR count). The Hall–Kier alpha value is -1.26. The third kappa shape index (κ3) is 3.42. The highest BCUT2D eigenvalue weighted by atomic mass is 19.1. The van der Waals surface area contributed by atoms with Crippen LogP contribution in [0.1, 0.15) is 24.4 Å². The fourth-order valence-electron chi connectivity index (χ4n) is 1.41. The number of nitrogens with two attached hydrogens (primary N) is 1. The van der Waals surface area contributed by atoms with Gasteiger partial charge in [0.1, 0.15) is 11.6 Å². The molecule has 0 heterocycles. The van der Waals surface area contributed by atoms with Gasteiger partial charge in [0.05, 0.1) is 0 Å². The SMILES string of the molecule is C=CCCC(NN)c1cc(F)cc(F)c1. The first-order chi connectivity index (χ1) is 7.17. The second kappa shape index (κ2) is 5.58. The molecule has 1 atom stereocenters. The highest BCUT2D eigenvalue weighted by molar-refractivity contribution is 5.21. The molecule has 0 aliphatic carbocycles. The van der Waals surface area contributed by atoms with Crippen molar-refractivity contribution in [1.29, 1.82) is 0 Å². The number of hydrogen-bond acceptors (Lipinski definition) is 2. The molecule has 0 saturated carbocycles. The minimum Gasteiger partial charge on any atom is -0.271 e. The van der Waals surface area contributed by atoms with E-state index >= 15 is 0 Å². The van der Waals surface area contributed by atoms with Crippen LogP contribution in [0, 0.1) is 11.6 Å². The first-order valence-electron chi connectivity index (χ1n) is 4.70. The summed E-state index contributed by atoms with van der Waals surface area (Å²) in [7, 11) is 0. The van der Waals surface area contributed by atoms with Crippen LogP contribution < -0.4 is 11.3 Å². The smallest absolute Gasteiger partial charge is 0.126 e. The van der Waals surface area contributed by atoms with Crippen molar-refractivity contribution in [3.8, 4) is 0 Å². The summed E-state index contributed by atoms with van der Waals surface area (Å²) in [6.07, 6.45) is 3.12. The second-order valence-corrected chi connectivity index (χ2v) is 3.29. The first kappa shape index (κ1) is 11.8. The zero-order valence-electron chi connectivity index (χ0n) is 8.34. The summed E-state index contributed by atoms with van der Waals surface area (Å²) in [6, 6.07) is 3.13. The molecule has 1 aromatic rings. The molecule has 0 bridgehead atoms. The van der Waals surface area contributed by atoms with E-state index in [9.17, 15) is 8.78 Å². The van der Waals surface area contributed by atoms with Crippen LogP contribution in [0.3, 0.4) is 0 Å². The van der Waals surface area contributed by atoms with Crippen LogP contribution in [0.4, 0.5) is 8.78 Å². The molecule has 0 saturated heterocycles. The summed E-state index contributed by atoms with van der Waals surface area (Å²) in [6.45, 7) is 3.58. The van der Waals surface area contributed by atoms with Crippen molar-refractivity contribution in [2.45, 2.75) is 18.9 Å².